The Morgan fingerprint density at radius 2 is 2.10 bits per heavy atom. The summed E-state index contributed by atoms with van der Waals surface area (Å²) in [4.78, 5) is 0. The predicted octanol–water partition coefficient (Wildman–Crippen LogP) is 2.24. The number of nitrogens with one attached hydrogen (secondary N) is 1. The summed E-state index contributed by atoms with van der Waals surface area (Å²) < 4.78 is 40.2. The van der Waals surface area contributed by atoms with E-state index in [1.54, 1.807) is 6.07 Å². The summed E-state index contributed by atoms with van der Waals surface area (Å²) in [5.41, 5.74) is -0.181. The van der Waals surface area contributed by atoms with Crippen LogP contribution >= 0.6 is 0 Å². The molecule has 1 aliphatic carbocycles. The molecule has 1 heterocycles. The molecule has 0 radical (unpaired) electrons. The number of aromatic nitrogens is 4. The lowest BCUT2D eigenvalue weighted by atomic mass is 10.1. The van der Waals surface area contributed by atoms with Gasteiger partial charge >= 0.3 is 6.18 Å². The monoisotopic (exact) mass is 297 g/mol. The van der Waals surface area contributed by atoms with Crippen molar-refractivity contribution in [3.63, 3.8) is 0 Å². The fourth-order valence-electron chi connectivity index (χ4n) is 2.09. The molecular formula is C13H14F3N5. The number of alkyl halides is 3. The molecule has 1 fully saturated rings. The van der Waals surface area contributed by atoms with Crippen LogP contribution in [-0.2, 0) is 12.7 Å². The van der Waals surface area contributed by atoms with Crippen LogP contribution in [0.15, 0.2) is 18.2 Å². The minimum Gasteiger partial charge on any atom is -0.307 e. The van der Waals surface area contributed by atoms with E-state index in [0.29, 0.717) is 24.1 Å². The number of benzene rings is 1. The van der Waals surface area contributed by atoms with E-state index in [2.05, 4.69) is 20.8 Å². The predicted molar refractivity (Wildman–Crippen MR) is 68.8 cm³/mol. The summed E-state index contributed by atoms with van der Waals surface area (Å²) in [6, 6.07) is 4.56. The van der Waals surface area contributed by atoms with Crippen molar-refractivity contribution in [1.29, 1.82) is 0 Å². The molecule has 1 N–H and O–H groups in total. The summed E-state index contributed by atoms with van der Waals surface area (Å²) in [6.07, 6.45) is -2.16. The molecular weight excluding hydrogens is 283 g/mol. The third kappa shape index (κ3) is 3.05. The van der Waals surface area contributed by atoms with Gasteiger partial charge in [0.05, 0.1) is 17.8 Å². The molecule has 8 heteroatoms. The lowest BCUT2D eigenvalue weighted by Crippen LogP contribution is -2.19. The van der Waals surface area contributed by atoms with Crippen molar-refractivity contribution in [1.82, 2.24) is 25.5 Å². The van der Waals surface area contributed by atoms with Crippen LogP contribution in [0.3, 0.4) is 0 Å². The molecule has 1 saturated carbocycles. The van der Waals surface area contributed by atoms with E-state index in [1.165, 1.54) is 17.7 Å². The second kappa shape index (κ2) is 5.10. The molecule has 112 valence electrons. The Labute approximate surface area is 119 Å². The van der Waals surface area contributed by atoms with Gasteiger partial charge in [-0.05, 0) is 47.9 Å². The number of hydrogen-bond donors (Lipinski definition) is 1. The zero-order valence-electron chi connectivity index (χ0n) is 11.4. The summed E-state index contributed by atoms with van der Waals surface area (Å²) in [7, 11) is 0. The Bertz CT molecular complexity index is 645. The Balaban J connectivity index is 1.91. The minimum atomic E-state index is -4.39. The van der Waals surface area contributed by atoms with Crippen molar-refractivity contribution < 1.29 is 13.2 Å². The topological polar surface area (TPSA) is 55.6 Å². The third-order valence-electron chi connectivity index (χ3n) is 3.43. The van der Waals surface area contributed by atoms with Crippen molar-refractivity contribution in [2.24, 2.45) is 0 Å². The number of aryl methyl sites for hydroxylation is 1. The Hall–Kier alpha value is -1.96. The van der Waals surface area contributed by atoms with Gasteiger partial charge in [-0.1, -0.05) is 6.07 Å². The van der Waals surface area contributed by atoms with Crippen LogP contribution in [0.2, 0.25) is 0 Å². The van der Waals surface area contributed by atoms with Gasteiger partial charge in [-0.25, -0.2) is 0 Å². The van der Waals surface area contributed by atoms with Gasteiger partial charge in [-0.2, -0.15) is 17.9 Å². The molecule has 3 rings (SSSR count). The number of nitrogens with zero attached hydrogens (tertiary/aromatic N) is 4. The maximum Gasteiger partial charge on any atom is 0.416 e. The van der Waals surface area contributed by atoms with E-state index in [-0.39, 0.29) is 5.56 Å². The highest BCUT2D eigenvalue weighted by Crippen LogP contribution is 2.33. The smallest absolute Gasteiger partial charge is 0.307 e. The molecule has 0 bridgehead atoms. The summed E-state index contributed by atoms with van der Waals surface area (Å²) >= 11 is 0. The number of halogens is 3. The van der Waals surface area contributed by atoms with E-state index in [1.807, 2.05) is 0 Å². The van der Waals surface area contributed by atoms with Crippen LogP contribution in [0.4, 0.5) is 13.2 Å². The van der Waals surface area contributed by atoms with E-state index in [0.717, 1.165) is 18.9 Å². The summed E-state index contributed by atoms with van der Waals surface area (Å²) in [5.74, 6) is 0.499. The quantitative estimate of drug-likeness (QED) is 0.940. The summed E-state index contributed by atoms with van der Waals surface area (Å²) in [5, 5.41) is 14.4. The second-order valence-electron chi connectivity index (χ2n) is 5.16. The van der Waals surface area contributed by atoms with Crippen molar-refractivity contribution in [2.75, 3.05) is 0 Å². The van der Waals surface area contributed by atoms with Gasteiger partial charge in [-0.15, -0.1) is 5.10 Å². The molecule has 1 aliphatic rings. The Morgan fingerprint density at radius 1 is 1.33 bits per heavy atom. The first-order valence-electron chi connectivity index (χ1n) is 6.64. The van der Waals surface area contributed by atoms with Crippen LogP contribution in [0.5, 0.6) is 0 Å². The van der Waals surface area contributed by atoms with Gasteiger partial charge in [0.15, 0.2) is 5.82 Å². The van der Waals surface area contributed by atoms with Crippen LogP contribution in [0.1, 0.15) is 29.8 Å². The van der Waals surface area contributed by atoms with Crippen LogP contribution in [-0.4, -0.2) is 26.2 Å². The summed E-state index contributed by atoms with van der Waals surface area (Å²) in [6.45, 7) is 1.87. The maximum absolute atomic E-state index is 13.0. The van der Waals surface area contributed by atoms with Crippen molar-refractivity contribution in [2.45, 2.75) is 38.5 Å². The molecule has 0 aliphatic heterocycles. The fraction of sp³-hybridized carbons (Fsp3) is 0.462. The number of rotatable bonds is 4. The van der Waals surface area contributed by atoms with Crippen molar-refractivity contribution in [3.8, 4) is 5.69 Å². The zero-order valence-corrected chi connectivity index (χ0v) is 11.4. The van der Waals surface area contributed by atoms with E-state index in [9.17, 15) is 13.2 Å². The molecule has 21 heavy (non-hydrogen) atoms. The van der Waals surface area contributed by atoms with Crippen LogP contribution < -0.4 is 5.32 Å². The standard InChI is InChI=1S/C13H14F3N5/c1-8-2-5-10(6-11(8)13(14,15)16)21-12(18-19-20-21)7-17-9-3-4-9/h2,5-6,9,17H,3-4,7H2,1H3. The molecule has 0 saturated heterocycles. The van der Waals surface area contributed by atoms with Crippen LogP contribution in [0, 0.1) is 6.92 Å². The van der Waals surface area contributed by atoms with Crippen LogP contribution in [0.25, 0.3) is 5.69 Å². The minimum absolute atomic E-state index is 0.178. The zero-order chi connectivity index (χ0) is 15.0. The molecule has 1 aromatic carbocycles. The molecule has 0 unspecified atom stereocenters. The van der Waals surface area contributed by atoms with Gasteiger partial charge in [0, 0.05) is 6.04 Å². The molecule has 0 spiro atoms. The second-order valence-corrected chi connectivity index (χ2v) is 5.16. The fourth-order valence-corrected chi connectivity index (χ4v) is 2.09. The van der Waals surface area contributed by atoms with E-state index in [4.69, 9.17) is 0 Å². The Morgan fingerprint density at radius 3 is 2.76 bits per heavy atom. The maximum atomic E-state index is 13.0. The van der Waals surface area contributed by atoms with Crippen molar-refractivity contribution in [3.05, 3.63) is 35.2 Å². The molecule has 5 nitrogen and oxygen atoms in total. The molecule has 2 aromatic rings. The lowest BCUT2D eigenvalue weighted by molar-refractivity contribution is -0.138. The van der Waals surface area contributed by atoms with Gasteiger partial charge in [-0.3, -0.25) is 0 Å². The van der Waals surface area contributed by atoms with E-state index < -0.39 is 11.7 Å². The average Bonchev–Trinajstić information content (AvgIpc) is 3.13. The first-order valence-corrected chi connectivity index (χ1v) is 6.64. The highest BCUT2D eigenvalue weighted by molar-refractivity contribution is 5.41. The molecule has 1 aromatic heterocycles. The number of hydrogen-bond acceptors (Lipinski definition) is 4. The largest absolute Gasteiger partial charge is 0.416 e. The van der Waals surface area contributed by atoms with Gasteiger partial charge in [0.25, 0.3) is 0 Å². The SMILES string of the molecule is Cc1ccc(-n2nnnc2CNC2CC2)cc1C(F)(F)F. The third-order valence-corrected chi connectivity index (χ3v) is 3.43. The molecule has 0 amide bonds. The van der Waals surface area contributed by atoms with E-state index >= 15 is 0 Å². The first kappa shape index (κ1) is 14.0. The highest BCUT2D eigenvalue weighted by Gasteiger charge is 2.33. The van der Waals surface area contributed by atoms with Gasteiger partial charge in [0.1, 0.15) is 0 Å². The highest BCUT2D eigenvalue weighted by atomic mass is 19.4. The van der Waals surface area contributed by atoms with Crippen molar-refractivity contribution >= 4 is 0 Å². The Kier molecular flexibility index (Phi) is 3.40. The first-order chi connectivity index (χ1) is 9.95. The van der Waals surface area contributed by atoms with Gasteiger partial charge in [0.2, 0.25) is 0 Å². The van der Waals surface area contributed by atoms with Gasteiger partial charge < -0.3 is 5.32 Å². The number of tetrazole rings is 1. The average molecular weight is 297 g/mol. The normalized spacial score (nSPS) is 15.4. The molecule has 0 atom stereocenters. The lowest BCUT2D eigenvalue weighted by Gasteiger charge is -2.12.